The fourth-order valence-electron chi connectivity index (χ4n) is 2.37. The predicted molar refractivity (Wildman–Crippen MR) is 101 cm³/mol. The number of hydrogen-bond acceptors (Lipinski definition) is 4. The minimum atomic E-state index is -0.337. The first-order valence-electron chi connectivity index (χ1n) is 8.33. The molecule has 0 atom stereocenters. The van der Waals surface area contributed by atoms with E-state index in [0.717, 1.165) is 17.2 Å². The Labute approximate surface area is 155 Å². The second-order valence-corrected chi connectivity index (χ2v) is 6.69. The van der Waals surface area contributed by atoms with Gasteiger partial charge in [-0.3, -0.25) is 4.79 Å². The number of nitrogens with one attached hydrogen (secondary N) is 1. The van der Waals surface area contributed by atoms with Crippen LogP contribution in [-0.2, 0) is 24.2 Å². The number of carbonyl (C=O) groups excluding carboxylic acids is 1. The van der Waals surface area contributed by atoms with Crippen molar-refractivity contribution in [2.45, 2.75) is 26.4 Å². The van der Waals surface area contributed by atoms with Gasteiger partial charge in [0.15, 0.2) is 0 Å². The van der Waals surface area contributed by atoms with E-state index in [2.05, 4.69) is 17.2 Å². The summed E-state index contributed by atoms with van der Waals surface area (Å²) >= 11 is 1.46. The zero-order valence-electron chi connectivity index (χ0n) is 14.4. The molecular formula is C20H19FN2O2S. The summed E-state index contributed by atoms with van der Waals surface area (Å²) in [4.78, 5) is 16.5. The molecule has 2 aromatic carbocycles. The fraction of sp³-hybridized carbons (Fsp3) is 0.200. The Bertz CT molecular complexity index is 860. The Morgan fingerprint density at radius 1 is 1.15 bits per heavy atom. The summed E-state index contributed by atoms with van der Waals surface area (Å²) in [5, 5.41) is 5.39. The molecule has 4 nitrogen and oxygen atoms in total. The summed E-state index contributed by atoms with van der Waals surface area (Å²) < 4.78 is 18.6. The van der Waals surface area contributed by atoms with Crippen LogP contribution in [0, 0.1) is 5.82 Å². The molecule has 0 unspecified atom stereocenters. The average molecular weight is 370 g/mol. The van der Waals surface area contributed by atoms with Gasteiger partial charge in [-0.15, -0.1) is 11.3 Å². The topological polar surface area (TPSA) is 51.2 Å². The molecule has 0 aliphatic rings. The number of aromatic nitrogens is 1. The van der Waals surface area contributed by atoms with E-state index in [-0.39, 0.29) is 18.1 Å². The number of ether oxygens (including phenoxy) is 1. The smallest absolute Gasteiger partial charge is 0.230 e. The van der Waals surface area contributed by atoms with E-state index < -0.39 is 0 Å². The number of aryl methyl sites for hydroxylation is 1. The highest BCUT2D eigenvalue weighted by Crippen LogP contribution is 2.17. The standard InChI is InChI=1S/C20H19FN2O2S/c1-2-14-3-9-18(10-4-14)25-12-20-23-17(13-26-20)11-19(24)22-16-7-5-15(21)6-8-16/h3-10,13H,2,11-12H2,1H3,(H,22,24). The Hall–Kier alpha value is -2.73. The molecule has 0 saturated heterocycles. The summed E-state index contributed by atoms with van der Waals surface area (Å²) in [7, 11) is 0. The molecule has 6 heteroatoms. The normalized spacial score (nSPS) is 10.5. The summed E-state index contributed by atoms with van der Waals surface area (Å²) in [6.45, 7) is 2.48. The van der Waals surface area contributed by atoms with Crippen LogP contribution < -0.4 is 10.1 Å². The van der Waals surface area contributed by atoms with Crippen molar-refractivity contribution in [3.05, 3.63) is 76.0 Å². The Morgan fingerprint density at radius 2 is 1.88 bits per heavy atom. The van der Waals surface area contributed by atoms with Gasteiger partial charge in [0, 0.05) is 11.1 Å². The fourth-order valence-corrected chi connectivity index (χ4v) is 3.07. The van der Waals surface area contributed by atoms with Crippen LogP contribution in [0.5, 0.6) is 5.75 Å². The average Bonchev–Trinajstić information content (AvgIpc) is 3.09. The number of amides is 1. The molecule has 0 aliphatic carbocycles. The van der Waals surface area contributed by atoms with Crippen LogP contribution in [0.2, 0.25) is 0 Å². The summed E-state index contributed by atoms with van der Waals surface area (Å²) in [5.74, 6) is 0.272. The van der Waals surface area contributed by atoms with Crippen molar-refractivity contribution in [3.8, 4) is 5.75 Å². The minimum Gasteiger partial charge on any atom is -0.486 e. The van der Waals surface area contributed by atoms with Crippen LogP contribution in [0.15, 0.2) is 53.9 Å². The first-order chi connectivity index (χ1) is 12.6. The summed E-state index contributed by atoms with van der Waals surface area (Å²) in [6, 6.07) is 13.6. The van der Waals surface area contributed by atoms with Gasteiger partial charge in [0.05, 0.1) is 12.1 Å². The predicted octanol–water partition coefficient (Wildman–Crippen LogP) is 4.60. The molecule has 0 spiro atoms. The van der Waals surface area contributed by atoms with Crippen molar-refractivity contribution in [2.75, 3.05) is 5.32 Å². The van der Waals surface area contributed by atoms with E-state index in [4.69, 9.17) is 4.74 Å². The van der Waals surface area contributed by atoms with Crippen molar-refractivity contribution in [2.24, 2.45) is 0 Å². The number of nitrogens with zero attached hydrogens (tertiary/aromatic N) is 1. The van der Waals surface area contributed by atoms with E-state index in [1.54, 1.807) is 0 Å². The van der Waals surface area contributed by atoms with E-state index in [1.165, 1.54) is 41.2 Å². The van der Waals surface area contributed by atoms with Gasteiger partial charge in [0.25, 0.3) is 0 Å². The van der Waals surface area contributed by atoms with Gasteiger partial charge in [-0.2, -0.15) is 0 Å². The maximum atomic E-state index is 12.9. The lowest BCUT2D eigenvalue weighted by Gasteiger charge is -2.05. The number of carbonyl (C=O) groups is 1. The molecular weight excluding hydrogens is 351 g/mol. The van der Waals surface area contributed by atoms with Crippen molar-refractivity contribution in [1.29, 1.82) is 0 Å². The van der Waals surface area contributed by atoms with Crippen molar-refractivity contribution in [1.82, 2.24) is 4.98 Å². The van der Waals surface area contributed by atoms with Gasteiger partial charge in [-0.1, -0.05) is 19.1 Å². The number of halogens is 1. The maximum absolute atomic E-state index is 12.9. The zero-order chi connectivity index (χ0) is 18.4. The van der Waals surface area contributed by atoms with Gasteiger partial charge >= 0.3 is 0 Å². The second-order valence-electron chi connectivity index (χ2n) is 5.75. The third-order valence-corrected chi connectivity index (χ3v) is 4.63. The van der Waals surface area contributed by atoms with Crippen LogP contribution in [0.25, 0.3) is 0 Å². The Morgan fingerprint density at radius 3 is 2.58 bits per heavy atom. The molecule has 0 aliphatic heterocycles. The van der Waals surface area contributed by atoms with E-state index in [0.29, 0.717) is 18.0 Å². The van der Waals surface area contributed by atoms with Crippen LogP contribution in [0.3, 0.4) is 0 Å². The third kappa shape index (κ3) is 5.13. The molecule has 0 bridgehead atoms. The SMILES string of the molecule is CCc1ccc(OCc2nc(CC(=O)Nc3ccc(F)cc3)cs2)cc1. The molecule has 0 fully saturated rings. The molecule has 134 valence electrons. The van der Waals surface area contributed by atoms with Crippen LogP contribution in [-0.4, -0.2) is 10.9 Å². The summed E-state index contributed by atoms with van der Waals surface area (Å²) in [5.41, 5.74) is 2.52. The quantitative estimate of drug-likeness (QED) is 0.661. The third-order valence-electron chi connectivity index (χ3n) is 3.76. The monoisotopic (exact) mass is 370 g/mol. The van der Waals surface area contributed by atoms with Gasteiger partial charge in [-0.25, -0.2) is 9.37 Å². The van der Waals surface area contributed by atoms with Gasteiger partial charge in [0.1, 0.15) is 23.2 Å². The molecule has 3 rings (SSSR count). The van der Waals surface area contributed by atoms with E-state index >= 15 is 0 Å². The number of anilines is 1. The van der Waals surface area contributed by atoms with Gasteiger partial charge < -0.3 is 10.1 Å². The van der Waals surface area contributed by atoms with Gasteiger partial charge in [-0.05, 0) is 48.4 Å². The largest absolute Gasteiger partial charge is 0.486 e. The molecule has 0 radical (unpaired) electrons. The van der Waals surface area contributed by atoms with E-state index in [9.17, 15) is 9.18 Å². The lowest BCUT2D eigenvalue weighted by Crippen LogP contribution is -2.14. The number of benzene rings is 2. The zero-order valence-corrected chi connectivity index (χ0v) is 15.2. The Kier molecular flexibility index (Phi) is 5.96. The number of thiazole rings is 1. The van der Waals surface area contributed by atoms with Gasteiger partial charge in [0.2, 0.25) is 5.91 Å². The molecule has 26 heavy (non-hydrogen) atoms. The lowest BCUT2D eigenvalue weighted by atomic mass is 10.2. The molecule has 3 aromatic rings. The highest BCUT2D eigenvalue weighted by atomic mass is 32.1. The number of rotatable bonds is 7. The highest BCUT2D eigenvalue weighted by molar-refractivity contribution is 7.09. The minimum absolute atomic E-state index is 0.166. The molecule has 0 saturated carbocycles. The molecule has 1 N–H and O–H groups in total. The maximum Gasteiger partial charge on any atom is 0.230 e. The molecule has 1 aromatic heterocycles. The first kappa shape index (κ1) is 18.1. The molecule has 1 amide bonds. The van der Waals surface area contributed by atoms with E-state index in [1.807, 2.05) is 29.6 Å². The lowest BCUT2D eigenvalue weighted by molar-refractivity contribution is -0.115. The second kappa shape index (κ2) is 8.58. The summed E-state index contributed by atoms with van der Waals surface area (Å²) in [6.07, 6.45) is 1.16. The Balaban J connectivity index is 1.50. The van der Waals surface area contributed by atoms with Crippen molar-refractivity contribution < 1.29 is 13.9 Å². The van der Waals surface area contributed by atoms with Crippen LogP contribution >= 0.6 is 11.3 Å². The van der Waals surface area contributed by atoms with Crippen LogP contribution in [0.1, 0.15) is 23.2 Å². The first-order valence-corrected chi connectivity index (χ1v) is 9.21. The van der Waals surface area contributed by atoms with Crippen molar-refractivity contribution in [3.63, 3.8) is 0 Å². The van der Waals surface area contributed by atoms with Crippen molar-refractivity contribution >= 4 is 22.9 Å². The highest BCUT2D eigenvalue weighted by Gasteiger charge is 2.09. The number of hydrogen-bond donors (Lipinski definition) is 1. The molecule has 1 heterocycles. The van der Waals surface area contributed by atoms with Crippen LogP contribution in [0.4, 0.5) is 10.1 Å².